The standard InChI is InChI=1S/C60H94O32/c1-21-14-83-60(47(74)43(21)88-51-41(72)39(70)35(66)22(2)84-51)29(15-79-54-48(75)58(77,17-62)19-81-54)34-31(92-60)12-28-26-7-6-24-10-25(64)11-33(57(24,5)27(26)8-9-56(28,34)4)87-53-46(45(38(69)32(13-61)86-53)90-50-40(71)37(68)30(65)16-80-50)91-52-42(73)44(36(67)23(3)85-52)89-55-49(76)59(78,18-63)20-82-55/h6,22-23,25-55,61-78H,1,7-20H2,2-5H3/t22-,23-,25+,26+,27-,28-,29-,30+,31-,32+,33+,34-,35-,36-,37-,38+,39+,40+,41+,42+,43-,44+,45-,46+,47-,48-,49-,50-,51-,52-,53-,54+,55-,56-,57-,58+,59+,60-/m0/s1. The Morgan fingerprint density at radius 3 is 1.91 bits per heavy atom. The molecule has 0 aromatic carbocycles. The van der Waals surface area contributed by atoms with Gasteiger partial charge in [0.05, 0.1) is 83.4 Å². The number of rotatable bonds is 16. The van der Waals surface area contributed by atoms with E-state index in [9.17, 15) is 91.9 Å². The molecule has 38 atom stereocenters. The molecule has 8 heterocycles. The normalized spacial score (nSPS) is 56.9. The maximum Gasteiger partial charge on any atom is 0.203 e. The van der Waals surface area contributed by atoms with Crippen LogP contribution < -0.4 is 0 Å². The number of allylic oxidation sites excluding steroid dienone is 1. The van der Waals surface area contributed by atoms with Gasteiger partial charge in [-0.05, 0) is 74.7 Å². The first kappa shape index (κ1) is 70.1. The number of fused-ring (bicyclic) bond motifs is 7. The van der Waals surface area contributed by atoms with E-state index in [4.69, 9.17) is 66.3 Å². The van der Waals surface area contributed by atoms with Crippen LogP contribution in [0.4, 0.5) is 0 Å². The smallest absolute Gasteiger partial charge is 0.203 e. The van der Waals surface area contributed by atoms with Crippen molar-refractivity contribution in [2.75, 3.05) is 52.9 Å². The average Bonchev–Trinajstić information content (AvgIpc) is 1.48. The fourth-order valence-electron chi connectivity index (χ4n) is 17.5. The van der Waals surface area contributed by atoms with Gasteiger partial charge in [0.25, 0.3) is 0 Å². The Bertz CT molecular complexity index is 2610. The van der Waals surface area contributed by atoms with Crippen LogP contribution in [0.25, 0.3) is 0 Å². The van der Waals surface area contributed by atoms with Gasteiger partial charge in [-0.25, -0.2) is 0 Å². The van der Waals surface area contributed by atoms with E-state index in [0.717, 1.165) is 5.57 Å². The highest BCUT2D eigenvalue weighted by Gasteiger charge is 2.74. The molecule has 8 aliphatic heterocycles. The van der Waals surface area contributed by atoms with Crippen LogP contribution >= 0.6 is 0 Å². The molecule has 1 spiro atoms. The van der Waals surface area contributed by atoms with Gasteiger partial charge in [-0.2, -0.15) is 0 Å². The summed E-state index contributed by atoms with van der Waals surface area (Å²) in [6.45, 7) is 6.44. The lowest BCUT2D eigenvalue weighted by Gasteiger charge is -2.61. The molecule has 4 aliphatic carbocycles. The first-order chi connectivity index (χ1) is 43.5. The number of hydrogen-bond donors (Lipinski definition) is 18. The minimum absolute atomic E-state index is 0.00843. The zero-order chi connectivity index (χ0) is 66.2. The lowest BCUT2D eigenvalue weighted by Crippen LogP contribution is -2.67. The third-order valence-corrected chi connectivity index (χ3v) is 23.0. The lowest BCUT2D eigenvalue weighted by molar-refractivity contribution is -0.397. The molecule has 11 fully saturated rings. The number of aliphatic hydroxyl groups is 18. The van der Waals surface area contributed by atoms with E-state index in [0.29, 0.717) is 25.7 Å². The largest absolute Gasteiger partial charge is 0.394 e. The van der Waals surface area contributed by atoms with Crippen molar-refractivity contribution in [2.24, 2.45) is 40.4 Å². The number of hydrogen-bond acceptors (Lipinski definition) is 32. The summed E-state index contributed by atoms with van der Waals surface area (Å²) >= 11 is 0. The zero-order valence-corrected chi connectivity index (χ0v) is 51.5. The Kier molecular flexibility index (Phi) is 20.1. The van der Waals surface area contributed by atoms with Crippen molar-refractivity contribution in [3.8, 4) is 0 Å². The van der Waals surface area contributed by atoms with Gasteiger partial charge in [0.1, 0.15) is 115 Å². The van der Waals surface area contributed by atoms with Crippen molar-refractivity contribution in [1.29, 1.82) is 0 Å². The van der Waals surface area contributed by atoms with Crippen molar-refractivity contribution in [1.82, 2.24) is 0 Å². The van der Waals surface area contributed by atoms with Crippen LogP contribution in [0.1, 0.15) is 66.2 Å². The SMILES string of the molecule is C=C1CO[C@@]2(O[C@H]3C[C@H]4[C@@H]5CC=C6C[C@@H](O)C[C@@H](O[C@@H]7O[C@H](CO)[C@@H](O)[C@H](O[C@@H]8OC[C@@H](O)[C@H](O)[C@H]8O)[C@H]7O[C@@H]7O[C@@H](C)[C@H](O)[C@@H](O[C@@H]8OC[C@](O)(CO)[C@H]8O)[C@H]7O)[C@]6(C)[C@H]5CC[C@]4(C)[C@H]3[C@@H]2CO[C@@H]2OC[C@](O)(CO)[C@H]2O)[C@@H](O)[C@H]1O[C@@H]1O[C@@H](C)[C@H](O)[C@@H](O)[C@H]1O. The molecule has 0 amide bonds. The van der Waals surface area contributed by atoms with Crippen LogP contribution in [0.3, 0.4) is 0 Å². The Hall–Kier alpha value is -1.80. The van der Waals surface area contributed by atoms with Gasteiger partial charge >= 0.3 is 0 Å². The minimum atomic E-state index is -2.16. The van der Waals surface area contributed by atoms with E-state index in [1.54, 1.807) is 0 Å². The molecule has 92 heavy (non-hydrogen) atoms. The molecule has 18 N–H and O–H groups in total. The summed E-state index contributed by atoms with van der Waals surface area (Å²) in [5.41, 5.74) is -4.70. The van der Waals surface area contributed by atoms with Crippen LogP contribution in [-0.4, -0.2) is 334 Å². The van der Waals surface area contributed by atoms with E-state index in [1.807, 2.05) is 6.92 Å². The lowest BCUT2D eigenvalue weighted by atomic mass is 9.46. The van der Waals surface area contributed by atoms with Gasteiger partial charge in [0.2, 0.25) is 5.79 Å². The van der Waals surface area contributed by atoms with Crippen molar-refractivity contribution in [3.05, 3.63) is 23.8 Å². The molecule has 32 nitrogen and oxygen atoms in total. The summed E-state index contributed by atoms with van der Waals surface area (Å²) in [6.07, 6.45) is -39.5. The van der Waals surface area contributed by atoms with Crippen molar-refractivity contribution in [3.63, 3.8) is 0 Å². The first-order valence-corrected chi connectivity index (χ1v) is 32.0. The minimum Gasteiger partial charge on any atom is -0.394 e. The second kappa shape index (κ2) is 26.4. The zero-order valence-electron chi connectivity index (χ0n) is 51.5. The molecule has 0 aromatic heterocycles. The fraction of sp³-hybridized carbons (Fsp3) is 0.933. The molecule has 0 radical (unpaired) electrons. The summed E-state index contributed by atoms with van der Waals surface area (Å²) in [6, 6.07) is 0. The molecule has 0 bridgehead atoms. The second-order valence-corrected chi connectivity index (χ2v) is 28.3. The van der Waals surface area contributed by atoms with E-state index in [2.05, 4.69) is 19.6 Å². The van der Waals surface area contributed by atoms with Crippen molar-refractivity contribution < 1.29 is 158 Å². The monoisotopic (exact) mass is 1330 g/mol. The van der Waals surface area contributed by atoms with E-state index >= 15 is 0 Å². The Morgan fingerprint density at radius 1 is 0.609 bits per heavy atom. The average molecular weight is 1330 g/mol. The third-order valence-electron chi connectivity index (χ3n) is 23.0. The van der Waals surface area contributed by atoms with Gasteiger partial charge in [0, 0.05) is 23.7 Å². The van der Waals surface area contributed by atoms with Gasteiger partial charge in [-0.3, -0.25) is 0 Å². The molecule has 12 aliphatic rings. The van der Waals surface area contributed by atoms with E-state index in [1.165, 1.54) is 13.8 Å². The summed E-state index contributed by atoms with van der Waals surface area (Å²) in [7, 11) is 0. The van der Waals surface area contributed by atoms with Gasteiger partial charge in [-0.1, -0.05) is 32.1 Å². The topological polar surface area (TPSA) is 493 Å². The maximum absolute atomic E-state index is 12.7. The molecule has 526 valence electrons. The predicted molar refractivity (Wildman–Crippen MR) is 298 cm³/mol. The summed E-state index contributed by atoms with van der Waals surface area (Å²) in [5.74, 6) is -3.81. The highest BCUT2D eigenvalue weighted by atomic mass is 16.8. The molecule has 0 unspecified atom stereocenters. The fourth-order valence-corrected chi connectivity index (χ4v) is 17.5. The molecule has 32 heteroatoms. The number of ether oxygens (including phenoxy) is 14. The van der Waals surface area contributed by atoms with E-state index in [-0.39, 0.29) is 49.4 Å². The highest BCUT2D eigenvalue weighted by molar-refractivity contribution is 5.30. The third kappa shape index (κ3) is 11.6. The summed E-state index contributed by atoms with van der Waals surface area (Å²) in [4.78, 5) is 0. The molecular formula is C60H94O32. The van der Waals surface area contributed by atoms with Crippen molar-refractivity contribution in [2.45, 2.75) is 255 Å². The quantitative estimate of drug-likeness (QED) is 0.0638. The highest BCUT2D eigenvalue weighted by Crippen LogP contribution is 2.71. The summed E-state index contributed by atoms with van der Waals surface area (Å²) in [5, 5.41) is 199. The van der Waals surface area contributed by atoms with Crippen LogP contribution in [0, 0.1) is 40.4 Å². The van der Waals surface area contributed by atoms with Crippen LogP contribution in [0.2, 0.25) is 0 Å². The van der Waals surface area contributed by atoms with Crippen molar-refractivity contribution >= 4 is 0 Å². The maximum atomic E-state index is 12.7. The predicted octanol–water partition coefficient (Wildman–Crippen LogP) is -7.56. The van der Waals surface area contributed by atoms with E-state index < -0.39 is 251 Å². The summed E-state index contributed by atoms with van der Waals surface area (Å²) < 4.78 is 87.2. The Balaban J connectivity index is 0.845. The van der Waals surface area contributed by atoms with Crippen LogP contribution in [-0.2, 0) is 66.3 Å². The number of aliphatic hydroxyl groups excluding tert-OH is 16. The van der Waals surface area contributed by atoms with Crippen LogP contribution in [0.5, 0.6) is 0 Å². The molecule has 0 aromatic rings. The van der Waals surface area contributed by atoms with Crippen LogP contribution in [0.15, 0.2) is 23.8 Å². The Morgan fingerprint density at radius 2 is 1.24 bits per heavy atom. The first-order valence-electron chi connectivity index (χ1n) is 32.0. The molecule has 8 saturated heterocycles. The van der Waals surface area contributed by atoms with Gasteiger partial charge < -0.3 is 158 Å². The second-order valence-electron chi connectivity index (χ2n) is 28.3. The van der Waals surface area contributed by atoms with Gasteiger partial charge in [0.15, 0.2) is 37.7 Å². The van der Waals surface area contributed by atoms with Gasteiger partial charge in [-0.15, -0.1) is 0 Å². The Labute approximate surface area is 529 Å². The molecular weight excluding hydrogens is 1230 g/mol. The molecule has 12 rings (SSSR count). The molecule has 3 saturated carbocycles.